The second kappa shape index (κ2) is 10.8. The Morgan fingerprint density at radius 3 is 1.62 bits per heavy atom. The molecule has 0 bridgehead atoms. The molecular formula is C51H34O. The van der Waals surface area contributed by atoms with E-state index in [0.29, 0.717) is 0 Å². The number of hydrogen-bond donors (Lipinski definition) is 0. The van der Waals surface area contributed by atoms with E-state index in [1.807, 2.05) is 0 Å². The van der Waals surface area contributed by atoms with E-state index in [2.05, 4.69) is 184 Å². The van der Waals surface area contributed by atoms with Gasteiger partial charge in [-0.15, -0.1) is 0 Å². The predicted octanol–water partition coefficient (Wildman–Crippen LogP) is 14.4. The number of fused-ring (bicyclic) bond motifs is 11. The Morgan fingerprint density at radius 2 is 0.923 bits per heavy atom. The number of rotatable bonds is 3. The zero-order valence-electron chi connectivity index (χ0n) is 29.1. The smallest absolute Gasteiger partial charge is 0.143 e. The molecular weight excluding hydrogens is 629 g/mol. The first-order valence-corrected chi connectivity index (χ1v) is 18.2. The zero-order valence-corrected chi connectivity index (χ0v) is 29.1. The molecule has 1 heteroatoms. The Balaban J connectivity index is 1.16. The van der Waals surface area contributed by atoms with E-state index in [0.717, 1.165) is 16.6 Å². The quantitative estimate of drug-likeness (QED) is 0.172. The van der Waals surface area contributed by atoms with Crippen LogP contribution < -0.4 is 0 Å². The van der Waals surface area contributed by atoms with Gasteiger partial charge in [-0.3, -0.25) is 0 Å². The minimum Gasteiger partial charge on any atom is -0.455 e. The average Bonchev–Trinajstić information content (AvgIpc) is 3.69. The van der Waals surface area contributed by atoms with Crippen molar-refractivity contribution in [3.63, 3.8) is 0 Å². The maximum absolute atomic E-state index is 6.69. The Hall–Kier alpha value is -6.44. The highest BCUT2D eigenvalue weighted by atomic mass is 16.3. The lowest BCUT2D eigenvalue weighted by molar-refractivity contribution is 0.657. The van der Waals surface area contributed by atoms with Crippen LogP contribution in [0.15, 0.2) is 174 Å². The molecule has 9 aromatic carbocycles. The highest BCUT2D eigenvalue weighted by molar-refractivity contribution is 6.23. The van der Waals surface area contributed by atoms with Crippen molar-refractivity contribution < 1.29 is 4.42 Å². The SMILES string of the molecule is CC1(C)c2ccc(-c3c4ccccc4c(-c4ccc(-c5ccccc5)cc4)c4ccccc34)cc2-c2c1ccc1oc3c4ccccc4ccc3c21. The average molecular weight is 663 g/mol. The molecule has 0 radical (unpaired) electrons. The van der Waals surface area contributed by atoms with Crippen molar-refractivity contribution >= 4 is 54.3 Å². The predicted molar refractivity (Wildman–Crippen MR) is 220 cm³/mol. The van der Waals surface area contributed by atoms with E-state index in [9.17, 15) is 0 Å². The highest BCUT2D eigenvalue weighted by Crippen LogP contribution is 2.55. The Bertz CT molecular complexity index is 3010. The largest absolute Gasteiger partial charge is 0.455 e. The molecule has 0 unspecified atom stereocenters. The maximum Gasteiger partial charge on any atom is 0.143 e. The molecule has 10 aromatic rings. The lowest BCUT2D eigenvalue weighted by Gasteiger charge is -2.22. The van der Waals surface area contributed by atoms with Gasteiger partial charge < -0.3 is 4.42 Å². The zero-order chi connectivity index (χ0) is 34.6. The van der Waals surface area contributed by atoms with Gasteiger partial charge >= 0.3 is 0 Å². The van der Waals surface area contributed by atoms with Gasteiger partial charge in [-0.05, 0) is 101 Å². The third-order valence-corrected chi connectivity index (χ3v) is 11.7. The fraction of sp³-hybridized carbons (Fsp3) is 0.0588. The van der Waals surface area contributed by atoms with E-state index in [1.54, 1.807) is 0 Å². The minimum absolute atomic E-state index is 0.141. The molecule has 0 aliphatic heterocycles. The molecule has 0 N–H and O–H groups in total. The second-order valence-electron chi connectivity index (χ2n) is 14.8. The van der Waals surface area contributed by atoms with E-state index in [-0.39, 0.29) is 5.41 Å². The van der Waals surface area contributed by atoms with Gasteiger partial charge in [-0.25, -0.2) is 0 Å². The summed E-state index contributed by atoms with van der Waals surface area (Å²) in [6.07, 6.45) is 0. The molecule has 0 saturated heterocycles. The van der Waals surface area contributed by atoms with Crippen LogP contribution in [0.5, 0.6) is 0 Å². The van der Waals surface area contributed by atoms with E-state index in [4.69, 9.17) is 4.42 Å². The van der Waals surface area contributed by atoms with Gasteiger partial charge in [0.2, 0.25) is 0 Å². The number of hydrogen-bond acceptors (Lipinski definition) is 1. The molecule has 11 rings (SSSR count). The summed E-state index contributed by atoms with van der Waals surface area (Å²) < 4.78 is 6.69. The molecule has 0 spiro atoms. The molecule has 1 aliphatic carbocycles. The van der Waals surface area contributed by atoms with Crippen LogP contribution in [0.3, 0.4) is 0 Å². The summed E-state index contributed by atoms with van der Waals surface area (Å²) in [5.74, 6) is 0. The van der Waals surface area contributed by atoms with Crippen LogP contribution in [-0.4, -0.2) is 0 Å². The van der Waals surface area contributed by atoms with Gasteiger partial charge in [0.25, 0.3) is 0 Å². The van der Waals surface area contributed by atoms with Crippen LogP contribution in [-0.2, 0) is 5.41 Å². The van der Waals surface area contributed by atoms with Gasteiger partial charge in [0.15, 0.2) is 0 Å². The third-order valence-electron chi connectivity index (χ3n) is 11.7. The molecule has 0 saturated carbocycles. The monoisotopic (exact) mass is 662 g/mol. The van der Waals surface area contributed by atoms with Crippen molar-refractivity contribution in [2.75, 3.05) is 0 Å². The van der Waals surface area contributed by atoms with Crippen molar-refractivity contribution in [1.29, 1.82) is 0 Å². The molecule has 1 aliphatic rings. The maximum atomic E-state index is 6.69. The van der Waals surface area contributed by atoms with Crippen LogP contribution in [0.1, 0.15) is 25.0 Å². The molecule has 52 heavy (non-hydrogen) atoms. The van der Waals surface area contributed by atoms with E-state index >= 15 is 0 Å². The Morgan fingerprint density at radius 1 is 0.385 bits per heavy atom. The fourth-order valence-corrected chi connectivity index (χ4v) is 9.20. The summed E-state index contributed by atoms with van der Waals surface area (Å²) in [4.78, 5) is 0. The molecule has 1 aromatic heterocycles. The van der Waals surface area contributed by atoms with Crippen LogP contribution in [0, 0.1) is 0 Å². The minimum atomic E-state index is -0.141. The van der Waals surface area contributed by atoms with Crippen LogP contribution in [0.2, 0.25) is 0 Å². The van der Waals surface area contributed by atoms with E-state index in [1.165, 1.54) is 93.3 Å². The van der Waals surface area contributed by atoms with Crippen molar-refractivity contribution in [1.82, 2.24) is 0 Å². The summed E-state index contributed by atoms with van der Waals surface area (Å²) in [6.45, 7) is 4.73. The Labute approximate surface area is 302 Å². The molecule has 244 valence electrons. The van der Waals surface area contributed by atoms with Crippen molar-refractivity contribution in [2.45, 2.75) is 19.3 Å². The van der Waals surface area contributed by atoms with Gasteiger partial charge in [0.1, 0.15) is 11.2 Å². The summed E-state index contributed by atoms with van der Waals surface area (Å²) in [6, 6.07) is 62.3. The summed E-state index contributed by atoms with van der Waals surface area (Å²) in [5, 5.41) is 9.80. The summed E-state index contributed by atoms with van der Waals surface area (Å²) in [5.41, 5.74) is 14.6. The van der Waals surface area contributed by atoms with E-state index < -0.39 is 0 Å². The first kappa shape index (κ1) is 29.3. The first-order chi connectivity index (χ1) is 25.6. The van der Waals surface area contributed by atoms with Gasteiger partial charge in [0, 0.05) is 21.6 Å². The highest BCUT2D eigenvalue weighted by Gasteiger charge is 2.38. The van der Waals surface area contributed by atoms with Gasteiger partial charge in [-0.1, -0.05) is 166 Å². The molecule has 0 amide bonds. The summed E-state index contributed by atoms with van der Waals surface area (Å²) in [7, 11) is 0. The molecule has 1 heterocycles. The van der Waals surface area contributed by atoms with Crippen molar-refractivity contribution in [3.8, 4) is 44.5 Å². The van der Waals surface area contributed by atoms with Crippen molar-refractivity contribution in [2.24, 2.45) is 0 Å². The first-order valence-electron chi connectivity index (χ1n) is 18.2. The van der Waals surface area contributed by atoms with Crippen LogP contribution in [0.25, 0.3) is 98.8 Å². The summed E-state index contributed by atoms with van der Waals surface area (Å²) >= 11 is 0. The number of benzene rings is 9. The van der Waals surface area contributed by atoms with Gasteiger partial charge in [-0.2, -0.15) is 0 Å². The lowest BCUT2D eigenvalue weighted by atomic mass is 9.81. The fourth-order valence-electron chi connectivity index (χ4n) is 9.20. The van der Waals surface area contributed by atoms with Crippen molar-refractivity contribution in [3.05, 3.63) is 181 Å². The lowest BCUT2D eigenvalue weighted by Crippen LogP contribution is -2.14. The molecule has 0 atom stereocenters. The topological polar surface area (TPSA) is 13.1 Å². The van der Waals surface area contributed by atoms with Crippen LogP contribution >= 0.6 is 0 Å². The number of furan rings is 1. The molecule has 1 nitrogen and oxygen atoms in total. The van der Waals surface area contributed by atoms with Crippen LogP contribution in [0.4, 0.5) is 0 Å². The second-order valence-corrected chi connectivity index (χ2v) is 14.8. The Kier molecular flexibility index (Phi) is 6.08. The normalized spacial score (nSPS) is 13.3. The third kappa shape index (κ3) is 4.05. The standard InChI is InChI=1S/C51H34O/c1-51(2)43-27-25-35(30-42(43)48-44(51)28-29-45-49(48)41-26-24-33-14-6-7-15-36(33)50(41)52-45)47-39-18-10-8-16-37(39)46(38-17-9-11-19-40(38)47)34-22-20-32(21-23-34)31-12-4-3-5-13-31/h3-30H,1-2H3. The van der Waals surface area contributed by atoms with Gasteiger partial charge in [0.05, 0.1) is 0 Å². The molecule has 0 fully saturated rings.